The molecule has 0 bridgehead atoms. The van der Waals surface area contributed by atoms with Crippen molar-refractivity contribution < 1.29 is 18.8 Å². The highest BCUT2D eigenvalue weighted by atomic mass is 16.6. The molecule has 200 valence electrons. The number of benzene rings is 2. The zero-order valence-electron chi connectivity index (χ0n) is 23.2. The number of carbonyl (C=O) groups excluding carboxylic acids is 2. The summed E-state index contributed by atoms with van der Waals surface area (Å²) in [6.07, 6.45) is 0. The van der Waals surface area contributed by atoms with Gasteiger partial charge in [-0.25, -0.2) is 4.79 Å². The molecule has 9 heteroatoms. The van der Waals surface area contributed by atoms with E-state index in [2.05, 4.69) is 15.5 Å². The van der Waals surface area contributed by atoms with Crippen LogP contribution in [0, 0.1) is 6.92 Å². The predicted molar refractivity (Wildman–Crippen MR) is 149 cm³/mol. The fourth-order valence-corrected chi connectivity index (χ4v) is 3.73. The molecule has 0 fully saturated rings. The molecule has 9 nitrogen and oxygen atoms in total. The largest absolute Gasteiger partial charge is 0.455 e. The first-order chi connectivity index (χ1) is 18.1. The third kappa shape index (κ3) is 6.11. The van der Waals surface area contributed by atoms with Gasteiger partial charge in [0.15, 0.2) is 11.5 Å². The fraction of sp³-hybridized carbons (Fsp3) is 0.310. The van der Waals surface area contributed by atoms with Crippen molar-refractivity contribution in [1.29, 1.82) is 0 Å². The van der Waals surface area contributed by atoms with Crippen LogP contribution in [0.4, 0.5) is 11.8 Å². The van der Waals surface area contributed by atoms with Gasteiger partial charge in [0.1, 0.15) is 22.6 Å². The average Bonchev–Trinajstić information content (AvgIpc) is 3.46. The summed E-state index contributed by atoms with van der Waals surface area (Å²) < 4.78 is 12.7. The summed E-state index contributed by atoms with van der Waals surface area (Å²) in [5.41, 5.74) is 1.44. The molecule has 2 aromatic heterocycles. The maximum Gasteiger partial charge on any atom is 0.359 e. The van der Waals surface area contributed by atoms with Crippen molar-refractivity contribution in [3.8, 4) is 16.9 Å². The van der Waals surface area contributed by atoms with E-state index in [0.29, 0.717) is 23.1 Å². The van der Waals surface area contributed by atoms with Crippen LogP contribution >= 0.6 is 0 Å². The van der Waals surface area contributed by atoms with E-state index < -0.39 is 17.5 Å². The molecule has 2 aromatic carbocycles. The van der Waals surface area contributed by atoms with E-state index in [1.165, 1.54) is 0 Å². The van der Waals surface area contributed by atoms with Crippen LogP contribution in [-0.4, -0.2) is 46.3 Å². The molecule has 4 rings (SSSR count). The van der Waals surface area contributed by atoms with Crippen molar-refractivity contribution in [2.75, 3.05) is 24.3 Å². The summed E-state index contributed by atoms with van der Waals surface area (Å²) in [6.45, 7) is 11.0. The van der Waals surface area contributed by atoms with E-state index in [4.69, 9.17) is 9.26 Å². The number of nitrogens with zero attached hydrogens (tertiary/aromatic N) is 4. The first-order valence-electron chi connectivity index (χ1n) is 12.5. The number of ether oxygens (including phenoxy) is 1. The average molecular weight is 518 g/mol. The maximum absolute atomic E-state index is 13.6. The van der Waals surface area contributed by atoms with E-state index in [9.17, 15) is 9.59 Å². The smallest absolute Gasteiger partial charge is 0.359 e. The van der Waals surface area contributed by atoms with Crippen molar-refractivity contribution in [2.24, 2.45) is 0 Å². The third-order valence-electron chi connectivity index (χ3n) is 5.24. The number of rotatable bonds is 6. The lowest BCUT2D eigenvalue weighted by molar-refractivity contribution is 0.00619. The minimum absolute atomic E-state index is 0.0708. The van der Waals surface area contributed by atoms with Gasteiger partial charge in [-0.2, -0.15) is 4.98 Å². The maximum atomic E-state index is 13.6. The quantitative estimate of drug-likeness (QED) is 0.307. The van der Waals surface area contributed by atoms with Crippen LogP contribution in [-0.2, 0) is 4.74 Å². The van der Waals surface area contributed by atoms with Crippen LogP contribution in [0.2, 0.25) is 0 Å². The highest BCUT2D eigenvalue weighted by Gasteiger charge is 2.31. The van der Waals surface area contributed by atoms with Gasteiger partial charge in [0, 0.05) is 25.3 Å². The third-order valence-corrected chi connectivity index (χ3v) is 5.24. The molecular weight excluding hydrogens is 482 g/mol. The normalized spacial score (nSPS) is 10.8. The molecule has 0 aliphatic heterocycles. The van der Waals surface area contributed by atoms with Gasteiger partial charge in [-0.15, -0.1) is 0 Å². The Labute approximate surface area is 223 Å². The highest BCUT2D eigenvalue weighted by Crippen LogP contribution is 2.31. The van der Waals surface area contributed by atoms with Crippen LogP contribution in [0.5, 0.6) is 0 Å². The first kappa shape index (κ1) is 28.2. The molecule has 0 atom stereocenters. The molecule has 0 spiro atoms. The van der Waals surface area contributed by atoms with E-state index >= 15 is 0 Å². The molecule has 0 unspecified atom stereocenters. The molecule has 0 saturated carbocycles. The van der Waals surface area contributed by atoms with Crippen molar-refractivity contribution in [1.82, 2.24) is 14.7 Å². The standard InChI is InChI=1S/C27H29N5O4.C2H6/c1-17-20(21(30-36-17)18-13-9-7-10-14-18)24(33)28-23-22(25(34)35-27(2,3)4)32(26(29-23)31(5)6)19-15-11-8-12-16-19;1-2/h7-16H,1-6H3,(H,28,33);1-2H3. The van der Waals surface area contributed by atoms with Crippen molar-refractivity contribution in [3.63, 3.8) is 0 Å². The molecule has 0 saturated heterocycles. The van der Waals surface area contributed by atoms with Crippen molar-refractivity contribution in [2.45, 2.75) is 47.1 Å². The van der Waals surface area contributed by atoms with Crippen LogP contribution in [0.1, 0.15) is 61.2 Å². The summed E-state index contributed by atoms with van der Waals surface area (Å²) in [5.74, 6) is -0.252. The van der Waals surface area contributed by atoms with Gasteiger partial charge in [-0.1, -0.05) is 67.5 Å². The Morgan fingerprint density at radius 3 is 2.11 bits per heavy atom. The number of aromatic nitrogens is 3. The second kappa shape index (κ2) is 11.8. The van der Waals surface area contributed by atoms with Gasteiger partial charge in [-0.05, 0) is 39.8 Å². The molecule has 0 aliphatic rings. The molecule has 4 aromatic rings. The molecule has 38 heavy (non-hydrogen) atoms. The lowest BCUT2D eigenvalue weighted by atomic mass is 10.1. The summed E-state index contributed by atoms with van der Waals surface area (Å²) >= 11 is 0. The minimum atomic E-state index is -0.756. The second-order valence-corrected chi connectivity index (χ2v) is 9.46. The Bertz CT molecular complexity index is 1380. The number of esters is 1. The van der Waals surface area contributed by atoms with Gasteiger partial charge in [0.25, 0.3) is 5.91 Å². The second-order valence-electron chi connectivity index (χ2n) is 9.46. The Balaban J connectivity index is 0.00000195. The first-order valence-corrected chi connectivity index (χ1v) is 12.5. The van der Waals surface area contributed by atoms with Gasteiger partial charge in [-0.3, -0.25) is 9.36 Å². The van der Waals surface area contributed by atoms with Crippen LogP contribution in [0.15, 0.2) is 65.2 Å². The number of carbonyl (C=O) groups is 2. The number of anilines is 2. The number of amides is 1. The molecule has 1 amide bonds. The number of hydrogen-bond acceptors (Lipinski definition) is 7. The summed E-state index contributed by atoms with van der Waals surface area (Å²) in [5, 5.41) is 6.91. The SMILES string of the molecule is CC.Cc1onc(-c2ccccc2)c1C(=O)Nc1nc(N(C)C)n(-c2ccccc2)c1C(=O)OC(C)(C)C. The number of aryl methyl sites for hydroxylation is 1. The fourth-order valence-electron chi connectivity index (χ4n) is 3.73. The van der Waals surface area contributed by atoms with Gasteiger partial charge >= 0.3 is 5.97 Å². The Morgan fingerprint density at radius 2 is 1.55 bits per heavy atom. The zero-order valence-corrected chi connectivity index (χ0v) is 23.2. The Morgan fingerprint density at radius 1 is 0.974 bits per heavy atom. The van der Waals surface area contributed by atoms with Gasteiger partial charge in [0.2, 0.25) is 5.95 Å². The van der Waals surface area contributed by atoms with Crippen LogP contribution in [0.3, 0.4) is 0 Å². The van der Waals surface area contributed by atoms with E-state index in [-0.39, 0.29) is 17.1 Å². The lowest BCUT2D eigenvalue weighted by Gasteiger charge is -2.21. The van der Waals surface area contributed by atoms with E-state index in [1.54, 1.807) is 37.2 Å². The van der Waals surface area contributed by atoms with Gasteiger partial charge < -0.3 is 19.5 Å². The number of hydrogen-bond donors (Lipinski definition) is 1. The topological polar surface area (TPSA) is 102 Å². The molecule has 0 aliphatic carbocycles. The van der Waals surface area contributed by atoms with Gasteiger partial charge in [0.05, 0.1) is 0 Å². The molecule has 1 N–H and O–H groups in total. The minimum Gasteiger partial charge on any atom is -0.455 e. The van der Waals surface area contributed by atoms with E-state index in [1.807, 2.05) is 88.6 Å². The number of nitrogens with one attached hydrogen (secondary N) is 1. The highest BCUT2D eigenvalue weighted by molar-refractivity contribution is 6.10. The monoisotopic (exact) mass is 517 g/mol. The van der Waals surface area contributed by atoms with Crippen LogP contribution < -0.4 is 10.2 Å². The molecular formula is C29H35N5O4. The Hall–Kier alpha value is -4.40. The molecule has 0 radical (unpaired) electrons. The Kier molecular flexibility index (Phi) is 8.72. The molecule has 2 heterocycles. The van der Waals surface area contributed by atoms with Crippen LogP contribution in [0.25, 0.3) is 16.9 Å². The zero-order chi connectivity index (χ0) is 28.0. The summed E-state index contributed by atoms with van der Waals surface area (Å²) in [4.78, 5) is 33.4. The predicted octanol–water partition coefficient (Wildman–Crippen LogP) is 6.14. The number of para-hydroxylation sites is 1. The summed E-state index contributed by atoms with van der Waals surface area (Å²) in [7, 11) is 3.62. The number of imidazole rings is 1. The lowest BCUT2D eigenvalue weighted by Crippen LogP contribution is -2.27. The van der Waals surface area contributed by atoms with E-state index in [0.717, 1.165) is 5.56 Å². The van der Waals surface area contributed by atoms with Crippen molar-refractivity contribution in [3.05, 3.63) is 77.7 Å². The summed E-state index contributed by atoms with van der Waals surface area (Å²) in [6, 6.07) is 18.6. The van der Waals surface area contributed by atoms with Crippen molar-refractivity contribution >= 4 is 23.6 Å².